The zero-order valence-electron chi connectivity index (χ0n) is 26.4. The van der Waals surface area contributed by atoms with Gasteiger partial charge in [0.25, 0.3) is 0 Å². The Labute approximate surface area is 279 Å². The second-order valence-corrected chi connectivity index (χ2v) is 12.9. The highest BCUT2D eigenvalue weighted by Gasteiger charge is 2.29. The molecule has 48 heavy (non-hydrogen) atoms. The summed E-state index contributed by atoms with van der Waals surface area (Å²) in [6.07, 6.45) is 15.2. The van der Waals surface area contributed by atoms with E-state index in [9.17, 15) is 0 Å². The molecule has 5 aromatic carbocycles. The fourth-order valence-electron chi connectivity index (χ4n) is 7.95. The number of aromatic nitrogens is 1. The number of fused-ring (bicyclic) bond motifs is 9. The number of allylic oxidation sites excluding steroid dienone is 6. The third-order valence-electron chi connectivity index (χ3n) is 10.2. The van der Waals surface area contributed by atoms with Gasteiger partial charge in [-0.1, -0.05) is 127 Å². The van der Waals surface area contributed by atoms with Crippen LogP contribution in [0.25, 0.3) is 44.3 Å². The summed E-state index contributed by atoms with van der Waals surface area (Å²) in [7, 11) is 0. The van der Waals surface area contributed by atoms with Gasteiger partial charge in [-0.25, -0.2) is 0 Å². The summed E-state index contributed by atoms with van der Waals surface area (Å²) in [5.74, 6) is 1.83. The average molecular weight is 620 g/mol. The molecule has 0 spiro atoms. The van der Waals surface area contributed by atoms with E-state index in [0.29, 0.717) is 0 Å². The zero-order valence-corrected chi connectivity index (χ0v) is 26.4. The SMILES string of the molecule is C1=CC2=C(c3ccccc3)NC(c3ccc(-n4c5ccccc5c5ccc6c(c54)Oc4ccccc4C4=C6CCC=C4)cc3)NC2C=C1. The first-order chi connectivity index (χ1) is 23.8. The third-order valence-corrected chi connectivity index (χ3v) is 10.2. The number of para-hydroxylation sites is 2. The maximum absolute atomic E-state index is 6.99. The fraction of sp³-hybridized carbons (Fsp3) is 0.0909. The second kappa shape index (κ2) is 10.9. The lowest BCUT2D eigenvalue weighted by Crippen LogP contribution is -2.45. The molecule has 6 aromatic rings. The lowest BCUT2D eigenvalue weighted by Gasteiger charge is -2.36. The maximum atomic E-state index is 6.99. The third kappa shape index (κ3) is 4.20. The standard InChI is InChI=1S/C44H33N3O/c1-2-12-28(13-3-1)41-37-18-6-9-19-38(37)45-44(46-41)29-22-24-30(25-23-29)47-39-20-10-7-16-33(39)35-26-27-36-32-15-5-4-14-31(32)34-17-8-11-21-40(34)48-43(36)42(35)47/h1-4,6-14,16-27,38,44-46H,5,15H2. The Morgan fingerprint density at radius 3 is 2.46 bits per heavy atom. The highest BCUT2D eigenvalue weighted by atomic mass is 16.5. The van der Waals surface area contributed by atoms with Crippen molar-refractivity contribution in [3.63, 3.8) is 0 Å². The van der Waals surface area contributed by atoms with E-state index in [0.717, 1.165) is 41.1 Å². The Morgan fingerprint density at radius 1 is 0.708 bits per heavy atom. The average Bonchev–Trinajstić information content (AvgIpc) is 3.42. The molecule has 0 radical (unpaired) electrons. The molecule has 3 heterocycles. The molecule has 2 aliphatic heterocycles. The van der Waals surface area contributed by atoms with E-state index in [1.807, 2.05) is 0 Å². The lowest BCUT2D eigenvalue weighted by molar-refractivity contribution is 0.460. The molecule has 10 rings (SSSR count). The van der Waals surface area contributed by atoms with Gasteiger partial charge in [0, 0.05) is 33.3 Å². The van der Waals surface area contributed by atoms with Crippen LogP contribution in [0.3, 0.4) is 0 Å². The molecule has 4 nitrogen and oxygen atoms in total. The number of hydrogen-bond acceptors (Lipinski definition) is 3. The van der Waals surface area contributed by atoms with Gasteiger partial charge in [-0.15, -0.1) is 0 Å². The van der Waals surface area contributed by atoms with Crippen molar-refractivity contribution in [1.29, 1.82) is 0 Å². The first kappa shape index (κ1) is 27.3. The van der Waals surface area contributed by atoms with Gasteiger partial charge >= 0.3 is 0 Å². The molecule has 2 unspecified atom stereocenters. The van der Waals surface area contributed by atoms with Crippen LogP contribution >= 0.6 is 0 Å². The Kier molecular flexibility index (Phi) is 6.18. The van der Waals surface area contributed by atoms with E-state index >= 15 is 0 Å². The van der Waals surface area contributed by atoms with Crippen molar-refractivity contribution >= 4 is 38.6 Å². The minimum absolute atomic E-state index is 0.0434. The number of hydrogen-bond donors (Lipinski definition) is 2. The number of rotatable bonds is 3. The minimum Gasteiger partial charge on any atom is -0.454 e. The summed E-state index contributed by atoms with van der Waals surface area (Å²) in [4.78, 5) is 0. The molecule has 1 aromatic heterocycles. The Morgan fingerprint density at radius 2 is 1.54 bits per heavy atom. The number of benzene rings is 5. The molecule has 230 valence electrons. The van der Waals surface area contributed by atoms with Crippen LogP contribution in [0, 0.1) is 0 Å². The first-order valence-corrected chi connectivity index (χ1v) is 16.8. The minimum atomic E-state index is -0.0434. The van der Waals surface area contributed by atoms with Gasteiger partial charge in [-0.2, -0.15) is 0 Å². The summed E-state index contributed by atoms with van der Waals surface area (Å²) in [6, 6.07) is 41.5. The van der Waals surface area contributed by atoms with Crippen LogP contribution in [-0.2, 0) is 0 Å². The normalized spacial score (nSPS) is 19.3. The summed E-state index contributed by atoms with van der Waals surface area (Å²) in [5.41, 5.74) is 13.1. The number of nitrogens with one attached hydrogen (secondary N) is 2. The first-order valence-electron chi connectivity index (χ1n) is 16.8. The lowest BCUT2D eigenvalue weighted by atomic mass is 9.87. The van der Waals surface area contributed by atoms with Crippen LogP contribution < -0.4 is 15.4 Å². The predicted octanol–water partition coefficient (Wildman–Crippen LogP) is 10.2. The molecule has 0 bridgehead atoms. The van der Waals surface area contributed by atoms with E-state index < -0.39 is 0 Å². The van der Waals surface area contributed by atoms with Gasteiger partial charge in [-0.05, 0) is 65.0 Å². The summed E-state index contributed by atoms with van der Waals surface area (Å²) in [6.45, 7) is 0. The molecule has 4 heteroatoms. The molecule has 2 aliphatic carbocycles. The van der Waals surface area contributed by atoms with Gasteiger partial charge < -0.3 is 14.6 Å². The quantitative estimate of drug-likeness (QED) is 0.207. The van der Waals surface area contributed by atoms with Crippen molar-refractivity contribution in [3.8, 4) is 17.2 Å². The van der Waals surface area contributed by atoms with E-state index in [1.165, 1.54) is 55.4 Å². The maximum Gasteiger partial charge on any atom is 0.159 e. The van der Waals surface area contributed by atoms with Gasteiger partial charge in [0.1, 0.15) is 11.9 Å². The van der Waals surface area contributed by atoms with E-state index in [1.54, 1.807) is 0 Å². The topological polar surface area (TPSA) is 38.2 Å². The van der Waals surface area contributed by atoms with Gasteiger partial charge in [-0.3, -0.25) is 5.32 Å². The monoisotopic (exact) mass is 619 g/mol. The smallest absolute Gasteiger partial charge is 0.159 e. The van der Waals surface area contributed by atoms with E-state index in [-0.39, 0.29) is 12.2 Å². The van der Waals surface area contributed by atoms with Crippen LogP contribution in [0.4, 0.5) is 0 Å². The summed E-state index contributed by atoms with van der Waals surface area (Å²) in [5, 5.41) is 10.1. The Bertz CT molecular complexity index is 2420. The largest absolute Gasteiger partial charge is 0.454 e. The molecule has 0 fully saturated rings. The van der Waals surface area contributed by atoms with Crippen molar-refractivity contribution < 1.29 is 4.74 Å². The van der Waals surface area contributed by atoms with Crippen LogP contribution in [0.15, 0.2) is 157 Å². The molecular formula is C44H33N3O. The Hall–Kier alpha value is -5.84. The molecule has 4 aliphatic rings. The molecule has 0 saturated carbocycles. The predicted molar refractivity (Wildman–Crippen MR) is 197 cm³/mol. The van der Waals surface area contributed by atoms with Crippen molar-refractivity contribution in [1.82, 2.24) is 15.2 Å². The van der Waals surface area contributed by atoms with Crippen molar-refractivity contribution in [2.24, 2.45) is 0 Å². The van der Waals surface area contributed by atoms with Crippen molar-refractivity contribution in [2.45, 2.75) is 25.0 Å². The fourth-order valence-corrected chi connectivity index (χ4v) is 7.95. The summed E-state index contributed by atoms with van der Waals surface area (Å²) < 4.78 is 9.38. The number of ether oxygens (including phenoxy) is 1. The molecule has 0 amide bonds. The van der Waals surface area contributed by atoms with Gasteiger partial charge in [0.15, 0.2) is 5.75 Å². The van der Waals surface area contributed by atoms with Crippen LogP contribution in [0.5, 0.6) is 11.5 Å². The van der Waals surface area contributed by atoms with Crippen molar-refractivity contribution in [3.05, 3.63) is 180 Å². The molecule has 0 saturated heterocycles. The Balaban J connectivity index is 1.12. The highest BCUT2D eigenvalue weighted by molar-refractivity contribution is 6.14. The molecular weight excluding hydrogens is 587 g/mol. The zero-order chi connectivity index (χ0) is 31.6. The van der Waals surface area contributed by atoms with Crippen LogP contribution in [0.1, 0.15) is 41.3 Å². The van der Waals surface area contributed by atoms with Gasteiger partial charge in [0.2, 0.25) is 0 Å². The molecule has 2 atom stereocenters. The van der Waals surface area contributed by atoms with Crippen LogP contribution in [0.2, 0.25) is 0 Å². The highest BCUT2D eigenvalue weighted by Crippen LogP contribution is 2.50. The van der Waals surface area contributed by atoms with Gasteiger partial charge in [0.05, 0.1) is 17.1 Å². The second-order valence-electron chi connectivity index (χ2n) is 12.9. The van der Waals surface area contributed by atoms with E-state index in [2.05, 4.69) is 167 Å². The van der Waals surface area contributed by atoms with Crippen molar-refractivity contribution in [2.75, 3.05) is 0 Å². The molecule has 2 N–H and O–H groups in total. The van der Waals surface area contributed by atoms with Crippen LogP contribution in [-0.4, -0.2) is 10.6 Å². The summed E-state index contributed by atoms with van der Waals surface area (Å²) >= 11 is 0. The number of nitrogens with zero attached hydrogens (tertiary/aromatic N) is 1. The van der Waals surface area contributed by atoms with E-state index in [4.69, 9.17) is 4.74 Å².